The molecule has 3 nitrogen and oxygen atoms in total. The number of carbonyl (C=O) groups is 1. The van der Waals surface area contributed by atoms with Crippen LogP contribution in [0.1, 0.15) is 16.1 Å². The van der Waals surface area contributed by atoms with Crippen LogP contribution >= 0.6 is 34.2 Å². The van der Waals surface area contributed by atoms with Gasteiger partial charge in [-0.15, -0.1) is 13.2 Å². The molecule has 0 aliphatic carbocycles. The van der Waals surface area contributed by atoms with Gasteiger partial charge in [0.15, 0.2) is 0 Å². The molecule has 0 aliphatic heterocycles. The minimum absolute atomic E-state index is 0.0603. The molecule has 0 spiro atoms. The summed E-state index contributed by atoms with van der Waals surface area (Å²) in [6.45, 7) is 1.39. The van der Waals surface area contributed by atoms with Crippen molar-refractivity contribution in [2.45, 2.75) is 13.3 Å². The number of pyridine rings is 1. The molecule has 16 heavy (non-hydrogen) atoms. The van der Waals surface area contributed by atoms with E-state index in [1.807, 2.05) is 0 Å². The molecule has 1 aromatic heterocycles. The Labute approximate surface area is 107 Å². The first-order valence-corrected chi connectivity index (χ1v) is 5.28. The maximum Gasteiger partial charge on any atom is 0.573 e. The van der Waals surface area contributed by atoms with Crippen molar-refractivity contribution in [2.24, 2.45) is 0 Å². The fourth-order valence-corrected chi connectivity index (χ4v) is 2.16. The van der Waals surface area contributed by atoms with E-state index in [1.54, 1.807) is 0 Å². The van der Waals surface area contributed by atoms with Crippen LogP contribution in [0.25, 0.3) is 0 Å². The van der Waals surface area contributed by atoms with Gasteiger partial charge >= 0.3 is 6.36 Å². The van der Waals surface area contributed by atoms with E-state index >= 15 is 0 Å². The summed E-state index contributed by atoms with van der Waals surface area (Å²) in [5.74, 6) is -0.452. The molecule has 0 fully saturated rings. The third kappa shape index (κ3) is 3.21. The number of halogens is 5. The summed E-state index contributed by atoms with van der Waals surface area (Å²) < 4.78 is 39.9. The van der Waals surface area contributed by atoms with Crippen molar-refractivity contribution in [3.05, 3.63) is 21.0 Å². The smallest absolute Gasteiger partial charge is 0.404 e. The first-order valence-electron chi connectivity index (χ1n) is 3.83. The average molecular weight is 365 g/mol. The summed E-state index contributed by atoms with van der Waals surface area (Å²) >= 11 is 6.69. The Kier molecular flexibility index (Phi) is 4.00. The topological polar surface area (TPSA) is 39.2 Å². The largest absolute Gasteiger partial charge is 0.573 e. The van der Waals surface area contributed by atoms with E-state index in [2.05, 4.69) is 9.72 Å². The van der Waals surface area contributed by atoms with Crippen LogP contribution in [0, 0.1) is 10.5 Å². The summed E-state index contributed by atoms with van der Waals surface area (Å²) in [6, 6.07) is 0. The Balaban J connectivity index is 3.27. The van der Waals surface area contributed by atoms with Crippen molar-refractivity contribution in [1.82, 2.24) is 4.98 Å². The Bertz CT molecular complexity index is 436. The van der Waals surface area contributed by atoms with Gasteiger partial charge in [-0.05, 0) is 41.1 Å². The maximum absolute atomic E-state index is 12.1. The number of ether oxygens (including phenoxy) is 1. The SMILES string of the molecule is Cc1cnc(C(=O)Cl)c(I)c1OC(F)(F)F. The van der Waals surface area contributed by atoms with E-state index < -0.39 is 17.4 Å². The van der Waals surface area contributed by atoms with Crippen molar-refractivity contribution >= 4 is 39.4 Å². The minimum Gasteiger partial charge on any atom is -0.404 e. The highest BCUT2D eigenvalue weighted by Gasteiger charge is 2.33. The number of rotatable bonds is 2. The zero-order valence-corrected chi connectivity index (χ0v) is 10.6. The second-order valence-electron chi connectivity index (χ2n) is 2.75. The van der Waals surface area contributed by atoms with Gasteiger partial charge < -0.3 is 4.74 Å². The average Bonchev–Trinajstić information content (AvgIpc) is 2.10. The summed E-state index contributed by atoms with van der Waals surface area (Å²) in [4.78, 5) is 14.5. The Morgan fingerprint density at radius 2 is 2.12 bits per heavy atom. The van der Waals surface area contributed by atoms with Crippen LogP contribution in [0.15, 0.2) is 6.20 Å². The standard InChI is InChI=1S/C8H4ClF3INO2/c1-3-2-14-5(7(9)15)4(13)6(3)16-8(10,11)12/h2H,1H3. The van der Waals surface area contributed by atoms with E-state index in [0.717, 1.165) is 6.20 Å². The van der Waals surface area contributed by atoms with E-state index in [0.29, 0.717) is 0 Å². The summed E-state index contributed by atoms with van der Waals surface area (Å²) in [5.41, 5.74) is -0.0875. The number of carbonyl (C=O) groups excluding carboxylic acids is 1. The van der Waals surface area contributed by atoms with Crippen molar-refractivity contribution in [3.8, 4) is 5.75 Å². The second-order valence-corrected chi connectivity index (χ2v) is 4.18. The van der Waals surface area contributed by atoms with Gasteiger partial charge in [0, 0.05) is 11.8 Å². The van der Waals surface area contributed by atoms with Crippen molar-refractivity contribution in [1.29, 1.82) is 0 Å². The highest BCUT2D eigenvalue weighted by Crippen LogP contribution is 2.32. The molecule has 0 saturated heterocycles. The van der Waals surface area contributed by atoms with Gasteiger partial charge in [0.1, 0.15) is 11.4 Å². The van der Waals surface area contributed by atoms with E-state index in [9.17, 15) is 18.0 Å². The van der Waals surface area contributed by atoms with Crippen LogP contribution in [0.3, 0.4) is 0 Å². The van der Waals surface area contributed by atoms with E-state index in [4.69, 9.17) is 11.6 Å². The van der Waals surface area contributed by atoms with Crippen LogP contribution in [-0.4, -0.2) is 16.6 Å². The summed E-state index contributed by atoms with van der Waals surface area (Å²) in [5, 5.41) is -0.934. The van der Waals surface area contributed by atoms with Crippen LogP contribution in [0.4, 0.5) is 13.2 Å². The maximum atomic E-state index is 12.1. The van der Waals surface area contributed by atoms with Crippen LogP contribution < -0.4 is 4.74 Å². The molecule has 0 N–H and O–H groups in total. The van der Waals surface area contributed by atoms with Crippen LogP contribution in [-0.2, 0) is 0 Å². The fourth-order valence-electron chi connectivity index (χ4n) is 0.935. The van der Waals surface area contributed by atoms with Gasteiger partial charge in [0.25, 0.3) is 5.24 Å². The first-order chi connectivity index (χ1) is 7.22. The van der Waals surface area contributed by atoms with Gasteiger partial charge in [0.2, 0.25) is 0 Å². The zero-order valence-electron chi connectivity index (χ0n) is 7.73. The molecular formula is C8H4ClF3INO2. The normalized spacial score (nSPS) is 11.4. The lowest BCUT2D eigenvalue weighted by Gasteiger charge is -2.13. The second kappa shape index (κ2) is 4.74. The molecule has 0 unspecified atom stereocenters. The monoisotopic (exact) mass is 365 g/mol. The van der Waals surface area contributed by atoms with Gasteiger partial charge in [0.05, 0.1) is 3.57 Å². The number of hydrogen-bond donors (Lipinski definition) is 0. The van der Waals surface area contributed by atoms with Gasteiger partial charge in [-0.25, -0.2) is 0 Å². The van der Waals surface area contributed by atoms with Crippen molar-refractivity contribution in [3.63, 3.8) is 0 Å². The number of alkyl halides is 3. The molecule has 0 aliphatic rings. The number of hydrogen-bond acceptors (Lipinski definition) is 3. The number of aromatic nitrogens is 1. The molecule has 8 heteroatoms. The number of aryl methyl sites for hydroxylation is 1. The molecule has 0 aromatic carbocycles. The van der Waals surface area contributed by atoms with Crippen molar-refractivity contribution in [2.75, 3.05) is 0 Å². The zero-order chi connectivity index (χ0) is 12.5. The summed E-state index contributed by atoms with van der Waals surface area (Å²) in [7, 11) is 0. The molecule has 88 valence electrons. The van der Waals surface area contributed by atoms with E-state index in [1.165, 1.54) is 29.5 Å². The molecule has 0 radical (unpaired) electrons. The molecule has 1 aromatic rings. The highest BCUT2D eigenvalue weighted by atomic mass is 127. The van der Waals surface area contributed by atoms with Crippen molar-refractivity contribution < 1.29 is 22.7 Å². The molecule has 1 heterocycles. The fraction of sp³-hybridized carbons (Fsp3) is 0.250. The predicted molar refractivity (Wildman–Crippen MR) is 58.6 cm³/mol. The molecular weight excluding hydrogens is 361 g/mol. The van der Waals surface area contributed by atoms with Gasteiger partial charge in [-0.1, -0.05) is 0 Å². The Morgan fingerprint density at radius 1 is 1.56 bits per heavy atom. The first kappa shape index (κ1) is 13.5. The Morgan fingerprint density at radius 3 is 2.56 bits per heavy atom. The van der Waals surface area contributed by atoms with Crippen LogP contribution in [0.5, 0.6) is 5.75 Å². The van der Waals surface area contributed by atoms with Gasteiger partial charge in [-0.3, -0.25) is 9.78 Å². The van der Waals surface area contributed by atoms with Gasteiger partial charge in [-0.2, -0.15) is 0 Å². The lowest BCUT2D eigenvalue weighted by molar-refractivity contribution is -0.275. The molecule has 0 atom stereocenters. The third-order valence-corrected chi connectivity index (χ3v) is 2.74. The summed E-state index contributed by atoms with van der Waals surface area (Å²) in [6.07, 6.45) is -3.72. The number of nitrogens with zero attached hydrogens (tertiary/aromatic N) is 1. The lowest BCUT2D eigenvalue weighted by Crippen LogP contribution is -2.19. The lowest BCUT2D eigenvalue weighted by atomic mass is 10.2. The molecule has 1 rings (SSSR count). The van der Waals surface area contributed by atoms with E-state index in [-0.39, 0.29) is 14.8 Å². The molecule has 0 saturated carbocycles. The van der Waals surface area contributed by atoms with Crippen LogP contribution in [0.2, 0.25) is 0 Å². The molecule has 0 bridgehead atoms. The quantitative estimate of drug-likeness (QED) is 0.596. The third-order valence-electron chi connectivity index (χ3n) is 1.56. The Hall–Kier alpha value is -0.570. The molecule has 0 amide bonds. The highest BCUT2D eigenvalue weighted by molar-refractivity contribution is 14.1. The predicted octanol–water partition coefficient (Wildman–Crippen LogP) is 3.27. The minimum atomic E-state index is -4.82.